The first kappa shape index (κ1) is 28.9. The average molecular weight is 643 g/mol. The summed E-state index contributed by atoms with van der Waals surface area (Å²) in [6.45, 7) is 0. The monoisotopic (exact) mass is 642 g/mol. The Balaban J connectivity index is 1.28. The predicted octanol–water partition coefficient (Wildman–Crippen LogP) is 12.0. The summed E-state index contributed by atoms with van der Waals surface area (Å²) in [5.41, 5.74) is 15.3. The number of fused-ring (bicyclic) bond motifs is 10. The van der Waals surface area contributed by atoms with E-state index in [1.54, 1.807) is 14.2 Å². The molecule has 2 nitrogen and oxygen atoms in total. The summed E-state index contributed by atoms with van der Waals surface area (Å²) < 4.78 is 12.5. The maximum absolute atomic E-state index is 6.23. The van der Waals surface area contributed by atoms with Gasteiger partial charge >= 0.3 is 0 Å². The van der Waals surface area contributed by atoms with Gasteiger partial charge < -0.3 is 9.47 Å². The third-order valence-corrected chi connectivity index (χ3v) is 11.1. The molecule has 8 aromatic rings. The fourth-order valence-electron chi connectivity index (χ4n) is 9.05. The molecule has 2 aliphatic carbocycles. The van der Waals surface area contributed by atoms with Gasteiger partial charge in [0.1, 0.15) is 11.5 Å². The Kier molecular flexibility index (Phi) is 6.47. The van der Waals surface area contributed by atoms with Crippen molar-refractivity contribution in [3.05, 3.63) is 191 Å². The van der Waals surface area contributed by atoms with Crippen molar-refractivity contribution in [1.29, 1.82) is 0 Å². The van der Waals surface area contributed by atoms with Crippen molar-refractivity contribution in [3.63, 3.8) is 0 Å². The van der Waals surface area contributed by atoms with Gasteiger partial charge in [0.05, 0.1) is 14.2 Å². The van der Waals surface area contributed by atoms with E-state index in [1.165, 1.54) is 66.4 Å². The summed E-state index contributed by atoms with van der Waals surface area (Å²) in [6, 6.07) is 57.6. The molecular formula is C48H34O2. The van der Waals surface area contributed by atoms with Crippen LogP contribution in [0.3, 0.4) is 0 Å². The molecule has 2 aliphatic rings. The maximum atomic E-state index is 6.23. The van der Waals surface area contributed by atoms with Crippen LogP contribution in [0, 0.1) is 0 Å². The van der Waals surface area contributed by atoms with Crippen LogP contribution in [0.4, 0.5) is 0 Å². The van der Waals surface area contributed by atoms with Gasteiger partial charge in [-0.25, -0.2) is 0 Å². The fraction of sp³-hybridized carbons (Fsp3) is 0.0833. The molecule has 0 amide bonds. The van der Waals surface area contributed by atoms with Crippen LogP contribution in [-0.4, -0.2) is 14.2 Å². The molecule has 0 saturated carbocycles. The third kappa shape index (κ3) is 4.02. The van der Waals surface area contributed by atoms with Crippen LogP contribution >= 0.6 is 0 Å². The Bertz CT molecular complexity index is 2440. The average Bonchev–Trinajstić information content (AvgIpc) is 3.71. The molecule has 8 aromatic carbocycles. The summed E-state index contributed by atoms with van der Waals surface area (Å²) in [7, 11) is 3.55. The summed E-state index contributed by atoms with van der Waals surface area (Å²) in [5.74, 6) is 1.93. The van der Waals surface area contributed by atoms with Gasteiger partial charge in [0.15, 0.2) is 0 Å². The molecule has 0 spiro atoms. The van der Waals surface area contributed by atoms with Crippen LogP contribution in [0.2, 0.25) is 0 Å². The first-order chi connectivity index (χ1) is 24.8. The highest BCUT2D eigenvalue weighted by Gasteiger charge is 2.34. The molecule has 2 atom stereocenters. The quantitative estimate of drug-likeness (QED) is 0.186. The molecule has 0 N–H and O–H groups in total. The van der Waals surface area contributed by atoms with Gasteiger partial charge in [-0.1, -0.05) is 146 Å². The van der Waals surface area contributed by atoms with E-state index in [9.17, 15) is 0 Å². The second-order valence-electron chi connectivity index (χ2n) is 13.4. The van der Waals surface area contributed by atoms with Gasteiger partial charge in [-0.3, -0.25) is 0 Å². The summed E-state index contributed by atoms with van der Waals surface area (Å²) >= 11 is 0. The number of benzene rings is 8. The van der Waals surface area contributed by atoms with E-state index in [2.05, 4.69) is 158 Å². The molecule has 0 heterocycles. The first-order valence-electron chi connectivity index (χ1n) is 17.3. The number of methoxy groups -OCH3 is 2. The minimum atomic E-state index is 0.134. The minimum Gasteiger partial charge on any atom is -0.496 e. The second kappa shape index (κ2) is 11.2. The van der Waals surface area contributed by atoms with Crippen molar-refractivity contribution in [3.8, 4) is 44.9 Å². The Morgan fingerprint density at radius 3 is 1.14 bits per heavy atom. The van der Waals surface area contributed by atoms with E-state index in [0.717, 1.165) is 33.4 Å². The highest BCUT2D eigenvalue weighted by Crippen LogP contribution is 2.56. The van der Waals surface area contributed by atoms with Crippen LogP contribution in [0.25, 0.3) is 54.9 Å². The van der Waals surface area contributed by atoms with Crippen molar-refractivity contribution >= 4 is 21.5 Å². The number of hydrogen-bond acceptors (Lipinski definition) is 2. The van der Waals surface area contributed by atoms with E-state index < -0.39 is 0 Å². The van der Waals surface area contributed by atoms with Gasteiger partial charge in [0, 0.05) is 23.0 Å². The highest BCUT2D eigenvalue weighted by atomic mass is 16.5. The lowest BCUT2D eigenvalue weighted by Gasteiger charge is -2.22. The first-order valence-corrected chi connectivity index (χ1v) is 17.3. The highest BCUT2D eigenvalue weighted by molar-refractivity contribution is 6.14. The lowest BCUT2D eigenvalue weighted by Crippen LogP contribution is -2.02. The summed E-state index contributed by atoms with van der Waals surface area (Å²) in [6.07, 6.45) is 0. The normalized spacial score (nSPS) is 15.4. The maximum Gasteiger partial charge on any atom is 0.127 e. The third-order valence-electron chi connectivity index (χ3n) is 11.1. The molecule has 0 saturated heterocycles. The van der Waals surface area contributed by atoms with Gasteiger partial charge in [-0.15, -0.1) is 0 Å². The van der Waals surface area contributed by atoms with Crippen LogP contribution in [0.15, 0.2) is 158 Å². The SMILES string of the molecule is COc1ccc2c3c(ccc2c1-c1c(OC)ccc2c4c(ccc12)-c1ccccc1[C@H]4c1ccccc1)-c1ccccc1[C@H]3c1ccccc1. The summed E-state index contributed by atoms with van der Waals surface area (Å²) in [5, 5.41) is 4.79. The lowest BCUT2D eigenvalue weighted by atomic mass is 9.83. The second-order valence-corrected chi connectivity index (χ2v) is 13.4. The number of rotatable bonds is 5. The topological polar surface area (TPSA) is 18.5 Å². The Hall–Kier alpha value is -6.12. The van der Waals surface area contributed by atoms with Crippen LogP contribution in [0.5, 0.6) is 11.5 Å². The Morgan fingerprint density at radius 1 is 0.340 bits per heavy atom. The zero-order valence-corrected chi connectivity index (χ0v) is 28.0. The summed E-state index contributed by atoms with van der Waals surface area (Å²) in [4.78, 5) is 0. The number of ether oxygens (including phenoxy) is 2. The molecule has 0 unspecified atom stereocenters. The molecule has 0 fully saturated rings. The van der Waals surface area contributed by atoms with Crippen LogP contribution < -0.4 is 9.47 Å². The predicted molar refractivity (Wildman–Crippen MR) is 206 cm³/mol. The van der Waals surface area contributed by atoms with E-state index in [1.807, 2.05) is 0 Å². The van der Waals surface area contributed by atoms with Crippen LogP contribution in [0.1, 0.15) is 45.2 Å². The zero-order valence-electron chi connectivity index (χ0n) is 28.0. The van der Waals surface area contributed by atoms with Gasteiger partial charge in [0.2, 0.25) is 0 Å². The molecule has 10 rings (SSSR count). The molecule has 0 aromatic heterocycles. The van der Waals surface area contributed by atoms with Crippen molar-refractivity contribution < 1.29 is 9.47 Å². The van der Waals surface area contributed by atoms with E-state index in [-0.39, 0.29) is 11.8 Å². The van der Waals surface area contributed by atoms with E-state index in [4.69, 9.17) is 9.47 Å². The molecule has 0 bridgehead atoms. The molecule has 0 aliphatic heterocycles. The minimum absolute atomic E-state index is 0.134. The molecular weight excluding hydrogens is 609 g/mol. The van der Waals surface area contributed by atoms with Crippen molar-refractivity contribution in [2.45, 2.75) is 11.8 Å². The van der Waals surface area contributed by atoms with Crippen molar-refractivity contribution in [2.75, 3.05) is 14.2 Å². The van der Waals surface area contributed by atoms with Crippen molar-refractivity contribution in [2.24, 2.45) is 0 Å². The zero-order chi connectivity index (χ0) is 33.3. The molecule has 238 valence electrons. The van der Waals surface area contributed by atoms with Crippen LogP contribution in [-0.2, 0) is 0 Å². The number of hydrogen-bond donors (Lipinski definition) is 0. The molecule has 0 radical (unpaired) electrons. The fourth-order valence-corrected chi connectivity index (χ4v) is 9.05. The Labute approximate surface area is 292 Å². The largest absolute Gasteiger partial charge is 0.496 e. The molecule has 2 heteroatoms. The van der Waals surface area contributed by atoms with Gasteiger partial charge in [-0.05, 0) is 89.3 Å². The van der Waals surface area contributed by atoms with Gasteiger partial charge in [-0.2, -0.15) is 0 Å². The van der Waals surface area contributed by atoms with E-state index >= 15 is 0 Å². The Morgan fingerprint density at radius 2 is 0.720 bits per heavy atom. The van der Waals surface area contributed by atoms with Gasteiger partial charge in [0.25, 0.3) is 0 Å². The smallest absolute Gasteiger partial charge is 0.127 e. The lowest BCUT2D eigenvalue weighted by molar-refractivity contribution is 0.411. The molecule has 50 heavy (non-hydrogen) atoms. The van der Waals surface area contributed by atoms with Crippen molar-refractivity contribution in [1.82, 2.24) is 0 Å². The van der Waals surface area contributed by atoms with E-state index in [0.29, 0.717) is 0 Å². The standard InChI is InChI=1S/C48H34O2/c1-49-41-27-25-37-39(23-21-35-31-17-9-11-19-33(31)43(45(35)37)29-13-5-3-6-14-29)47(41)48-40-24-22-36-32-18-10-12-20-34(32)44(30-15-7-4-8-16-30)46(36)38(40)26-28-42(48)50-2/h3-28,43-44H,1-2H3/t43-,44-/m1/s1.